The zero-order valence-corrected chi connectivity index (χ0v) is 11.7. The number of nitrogens with one attached hydrogen (secondary N) is 1. The van der Waals surface area contributed by atoms with E-state index >= 15 is 0 Å². The minimum Gasteiger partial charge on any atom is -0.480 e. The number of hydrogen-bond acceptors (Lipinski definition) is 3. The fourth-order valence-electron chi connectivity index (χ4n) is 2.00. The van der Waals surface area contributed by atoms with Crippen LogP contribution in [0.25, 0.3) is 0 Å². The summed E-state index contributed by atoms with van der Waals surface area (Å²) in [5.74, 6) is -0.833. The van der Waals surface area contributed by atoms with E-state index in [0.29, 0.717) is 18.6 Å². The van der Waals surface area contributed by atoms with Gasteiger partial charge in [0.2, 0.25) is 0 Å². The predicted molar refractivity (Wildman–Crippen MR) is 77.1 cm³/mol. The van der Waals surface area contributed by atoms with Crippen LogP contribution in [-0.4, -0.2) is 23.0 Å². The van der Waals surface area contributed by atoms with Crippen LogP contribution < -0.4 is 5.32 Å². The molecular formula is C16H17NO4. The first kappa shape index (κ1) is 14.8. The number of carboxylic acid groups (broad SMARTS) is 1. The number of amides is 1. The molecule has 0 aliphatic rings. The molecule has 0 radical (unpaired) electrons. The molecule has 2 aromatic rings. The zero-order chi connectivity index (χ0) is 15.2. The normalized spacial score (nSPS) is 11.9. The smallest absolute Gasteiger partial charge is 0.326 e. The van der Waals surface area contributed by atoms with Gasteiger partial charge in [0, 0.05) is 0 Å². The van der Waals surface area contributed by atoms with Crippen molar-refractivity contribution in [3.8, 4) is 0 Å². The minimum atomic E-state index is -1.05. The van der Waals surface area contributed by atoms with Gasteiger partial charge in [-0.15, -0.1) is 0 Å². The van der Waals surface area contributed by atoms with Crippen molar-refractivity contribution < 1.29 is 19.1 Å². The van der Waals surface area contributed by atoms with Gasteiger partial charge in [0.15, 0.2) is 5.76 Å². The van der Waals surface area contributed by atoms with Gasteiger partial charge in [0.25, 0.3) is 5.91 Å². The molecule has 5 heteroatoms. The summed E-state index contributed by atoms with van der Waals surface area (Å²) in [4.78, 5) is 23.2. The third-order valence-corrected chi connectivity index (χ3v) is 3.13. The number of furan rings is 1. The highest BCUT2D eigenvalue weighted by molar-refractivity contribution is 5.94. The monoisotopic (exact) mass is 287 g/mol. The van der Waals surface area contributed by atoms with Crippen molar-refractivity contribution in [2.45, 2.75) is 25.8 Å². The number of carboxylic acids is 1. The summed E-state index contributed by atoms with van der Waals surface area (Å²) < 4.78 is 5.18. The van der Waals surface area contributed by atoms with E-state index in [4.69, 9.17) is 4.42 Å². The van der Waals surface area contributed by atoms with Crippen molar-refractivity contribution in [1.82, 2.24) is 5.32 Å². The number of carbonyl (C=O) groups excluding carboxylic acids is 1. The van der Waals surface area contributed by atoms with E-state index in [9.17, 15) is 14.7 Å². The molecule has 1 atom stereocenters. The Morgan fingerprint density at radius 2 is 1.90 bits per heavy atom. The van der Waals surface area contributed by atoms with Gasteiger partial charge < -0.3 is 14.8 Å². The van der Waals surface area contributed by atoms with Crippen LogP contribution >= 0.6 is 0 Å². The van der Waals surface area contributed by atoms with Crippen molar-refractivity contribution in [1.29, 1.82) is 0 Å². The van der Waals surface area contributed by atoms with Gasteiger partial charge in [0.1, 0.15) is 11.8 Å². The van der Waals surface area contributed by atoms with Gasteiger partial charge in [-0.25, -0.2) is 4.79 Å². The van der Waals surface area contributed by atoms with Crippen molar-refractivity contribution in [2.75, 3.05) is 0 Å². The maximum absolute atomic E-state index is 11.9. The molecule has 0 aliphatic heterocycles. The Bertz CT molecular complexity index is 618. The molecule has 1 unspecified atom stereocenters. The summed E-state index contributed by atoms with van der Waals surface area (Å²) in [7, 11) is 0. The highest BCUT2D eigenvalue weighted by Gasteiger charge is 2.21. The first-order valence-corrected chi connectivity index (χ1v) is 6.70. The molecule has 2 rings (SSSR count). The molecular weight excluding hydrogens is 270 g/mol. The molecule has 1 amide bonds. The summed E-state index contributed by atoms with van der Waals surface area (Å²) in [5.41, 5.74) is 1.03. The second kappa shape index (κ2) is 6.74. The number of benzene rings is 1. The second-order valence-corrected chi connectivity index (χ2v) is 4.80. The number of aliphatic carboxylic acids is 1. The Morgan fingerprint density at radius 1 is 1.19 bits per heavy atom. The molecule has 0 fully saturated rings. The summed E-state index contributed by atoms with van der Waals surface area (Å²) >= 11 is 0. The molecule has 2 N–H and O–H groups in total. The first-order chi connectivity index (χ1) is 10.1. The Hall–Kier alpha value is -2.56. The number of rotatable bonds is 6. The summed E-state index contributed by atoms with van der Waals surface area (Å²) in [5, 5.41) is 11.7. The van der Waals surface area contributed by atoms with E-state index in [-0.39, 0.29) is 5.76 Å². The highest BCUT2D eigenvalue weighted by atomic mass is 16.4. The largest absolute Gasteiger partial charge is 0.480 e. The predicted octanol–water partition coefficient (Wildman–Crippen LogP) is 2.40. The molecule has 1 aromatic heterocycles. The molecule has 1 aromatic carbocycles. The van der Waals surface area contributed by atoms with Crippen LogP contribution in [0, 0.1) is 6.92 Å². The Labute approximate surface area is 122 Å². The maximum atomic E-state index is 11.9. The lowest BCUT2D eigenvalue weighted by atomic mass is 10.1. The Balaban J connectivity index is 1.96. The fourth-order valence-corrected chi connectivity index (χ4v) is 2.00. The lowest BCUT2D eigenvalue weighted by molar-refractivity contribution is -0.139. The average molecular weight is 287 g/mol. The van der Waals surface area contributed by atoms with Crippen LogP contribution in [-0.2, 0) is 11.2 Å². The van der Waals surface area contributed by atoms with Crippen molar-refractivity contribution >= 4 is 11.9 Å². The highest BCUT2D eigenvalue weighted by Crippen LogP contribution is 2.09. The number of hydrogen-bond donors (Lipinski definition) is 2. The molecule has 0 spiro atoms. The molecule has 5 nitrogen and oxygen atoms in total. The van der Waals surface area contributed by atoms with Gasteiger partial charge in [-0.3, -0.25) is 4.79 Å². The minimum absolute atomic E-state index is 0.124. The summed E-state index contributed by atoms with van der Waals surface area (Å²) in [6, 6.07) is 11.8. The lowest BCUT2D eigenvalue weighted by Gasteiger charge is -2.13. The van der Waals surface area contributed by atoms with Gasteiger partial charge >= 0.3 is 5.97 Å². The molecule has 0 bridgehead atoms. The quantitative estimate of drug-likeness (QED) is 0.855. The maximum Gasteiger partial charge on any atom is 0.326 e. The first-order valence-electron chi connectivity index (χ1n) is 6.70. The second-order valence-electron chi connectivity index (χ2n) is 4.80. The molecule has 110 valence electrons. The molecule has 1 heterocycles. The standard InChI is InChI=1S/C16H17NO4/c1-11-7-10-14(21-11)15(18)17-13(16(19)20)9-8-12-5-3-2-4-6-12/h2-7,10,13H,8-9H2,1H3,(H,17,18)(H,19,20). The number of carbonyl (C=O) groups is 2. The Kier molecular flexibility index (Phi) is 4.77. The third-order valence-electron chi connectivity index (χ3n) is 3.13. The van der Waals surface area contributed by atoms with E-state index in [0.717, 1.165) is 5.56 Å². The summed E-state index contributed by atoms with van der Waals surface area (Å²) in [6.07, 6.45) is 0.903. The molecule has 21 heavy (non-hydrogen) atoms. The van der Waals surface area contributed by atoms with Crippen LogP contribution in [0.4, 0.5) is 0 Å². The SMILES string of the molecule is Cc1ccc(C(=O)NC(CCc2ccccc2)C(=O)O)o1. The van der Waals surface area contributed by atoms with Crippen molar-refractivity contribution in [3.05, 3.63) is 59.5 Å². The van der Waals surface area contributed by atoms with E-state index in [2.05, 4.69) is 5.32 Å². The zero-order valence-electron chi connectivity index (χ0n) is 11.7. The topological polar surface area (TPSA) is 79.5 Å². The lowest BCUT2D eigenvalue weighted by Crippen LogP contribution is -2.41. The van der Waals surface area contributed by atoms with Crippen molar-refractivity contribution in [2.24, 2.45) is 0 Å². The van der Waals surface area contributed by atoms with E-state index in [1.54, 1.807) is 13.0 Å². The van der Waals surface area contributed by atoms with Crippen LogP contribution in [0.3, 0.4) is 0 Å². The molecule has 0 saturated carbocycles. The van der Waals surface area contributed by atoms with Crippen LogP contribution in [0.5, 0.6) is 0 Å². The number of aryl methyl sites for hydroxylation is 2. The third kappa shape index (κ3) is 4.21. The van der Waals surface area contributed by atoms with Crippen LogP contribution in [0.2, 0.25) is 0 Å². The van der Waals surface area contributed by atoms with Crippen molar-refractivity contribution in [3.63, 3.8) is 0 Å². The van der Waals surface area contributed by atoms with E-state index in [1.807, 2.05) is 30.3 Å². The van der Waals surface area contributed by atoms with Gasteiger partial charge in [-0.2, -0.15) is 0 Å². The summed E-state index contributed by atoms with van der Waals surface area (Å²) in [6.45, 7) is 1.72. The van der Waals surface area contributed by atoms with Gasteiger partial charge in [-0.05, 0) is 37.5 Å². The van der Waals surface area contributed by atoms with Crippen LogP contribution in [0.15, 0.2) is 46.9 Å². The van der Waals surface area contributed by atoms with E-state index in [1.165, 1.54) is 6.07 Å². The average Bonchev–Trinajstić information content (AvgIpc) is 2.90. The molecule has 0 aliphatic carbocycles. The van der Waals surface area contributed by atoms with E-state index < -0.39 is 17.9 Å². The fraction of sp³-hybridized carbons (Fsp3) is 0.250. The van der Waals surface area contributed by atoms with Crippen LogP contribution in [0.1, 0.15) is 28.3 Å². The molecule has 0 saturated heterocycles. The van der Waals surface area contributed by atoms with Gasteiger partial charge in [-0.1, -0.05) is 30.3 Å². The van der Waals surface area contributed by atoms with Gasteiger partial charge in [0.05, 0.1) is 0 Å². The Morgan fingerprint density at radius 3 is 2.48 bits per heavy atom.